The van der Waals surface area contributed by atoms with E-state index in [1.807, 2.05) is 18.9 Å². The summed E-state index contributed by atoms with van der Waals surface area (Å²) >= 11 is 0. The molecule has 2 amide bonds. The Balaban J connectivity index is 0.00000338. The molecule has 1 aromatic carbocycles. The Morgan fingerprint density at radius 2 is 1.73 bits per heavy atom. The Hall–Kier alpha value is -1.99. The Bertz CT molecular complexity index is 618. The molecule has 0 aromatic heterocycles. The lowest BCUT2D eigenvalue weighted by molar-refractivity contribution is -0.136. The highest BCUT2D eigenvalue weighted by atomic mass is 35.5. The van der Waals surface area contributed by atoms with Crippen molar-refractivity contribution < 1.29 is 19.1 Å². The number of nitrogens with one attached hydrogen (secondary N) is 1. The Labute approximate surface area is 161 Å². The molecule has 0 aliphatic carbocycles. The molecule has 1 aliphatic heterocycles. The van der Waals surface area contributed by atoms with Crippen LogP contribution in [0.15, 0.2) is 18.2 Å². The van der Waals surface area contributed by atoms with E-state index in [1.54, 1.807) is 30.2 Å². The molecule has 1 N–H and O–H groups in total. The fourth-order valence-electron chi connectivity index (χ4n) is 2.98. The zero-order chi connectivity index (χ0) is 18.4. The lowest BCUT2D eigenvalue weighted by Gasteiger charge is -2.36. The van der Waals surface area contributed by atoms with Crippen LogP contribution < -0.4 is 14.8 Å². The summed E-state index contributed by atoms with van der Waals surface area (Å²) in [6.07, 6.45) is 0. The number of halogens is 1. The van der Waals surface area contributed by atoms with Crippen molar-refractivity contribution >= 4 is 24.2 Å². The van der Waals surface area contributed by atoms with E-state index in [0.717, 1.165) is 0 Å². The summed E-state index contributed by atoms with van der Waals surface area (Å²) in [5.41, 5.74) is 0.506. The van der Waals surface area contributed by atoms with Gasteiger partial charge in [0.25, 0.3) is 5.91 Å². The van der Waals surface area contributed by atoms with Gasteiger partial charge in [-0.15, -0.1) is 12.4 Å². The molecule has 1 saturated heterocycles. The van der Waals surface area contributed by atoms with Gasteiger partial charge in [-0.2, -0.15) is 0 Å². The van der Waals surface area contributed by atoms with E-state index in [9.17, 15) is 9.59 Å². The number of rotatable bonds is 6. The summed E-state index contributed by atoms with van der Waals surface area (Å²) in [7, 11) is 4.94. The van der Waals surface area contributed by atoms with Crippen LogP contribution in [0.1, 0.15) is 17.3 Å². The smallest absolute Gasteiger partial charge is 0.257 e. The van der Waals surface area contributed by atoms with E-state index in [-0.39, 0.29) is 30.1 Å². The highest BCUT2D eigenvalue weighted by Gasteiger charge is 2.28. The quantitative estimate of drug-likeness (QED) is 0.798. The number of methoxy groups -OCH3 is 2. The van der Waals surface area contributed by atoms with Gasteiger partial charge in [0.05, 0.1) is 19.8 Å². The predicted octanol–water partition coefficient (Wildman–Crippen LogP) is 1.27. The van der Waals surface area contributed by atoms with Gasteiger partial charge < -0.3 is 24.6 Å². The zero-order valence-electron chi connectivity index (χ0n) is 15.8. The van der Waals surface area contributed by atoms with Crippen LogP contribution in [0.3, 0.4) is 0 Å². The summed E-state index contributed by atoms with van der Waals surface area (Å²) in [5, 5.41) is 3.02. The minimum Gasteiger partial charge on any atom is -0.497 e. The molecule has 26 heavy (non-hydrogen) atoms. The molecule has 0 spiro atoms. The second-order valence-corrected chi connectivity index (χ2v) is 6.14. The van der Waals surface area contributed by atoms with Crippen molar-refractivity contribution in [1.82, 2.24) is 15.1 Å². The van der Waals surface area contributed by atoms with E-state index >= 15 is 0 Å². The SMILES string of the molecule is CNCC(C)C(=O)N1CCN(C(=O)c2ccc(OC)cc2OC)CC1.Cl. The normalized spacial score (nSPS) is 15.1. The van der Waals surface area contributed by atoms with E-state index in [4.69, 9.17) is 9.47 Å². The first-order valence-electron chi connectivity index (χ1n) is 8.46. The van der Waals surface area contributed by atoms with Crippen molar-refractivity contribution in [2.45, 2.75) is 6.92 Å². The molecular weight excluding hydrogens is 358 g/mol. The molecule has 1 unspecified atom stereocenters. The van der Waals surface area contributed by atoms with Gasteiger partial charge in [0.2, 0.25) is 5.91 Å². The molecule has 1 fully saturated rings. The fraction of sp³-hybridized carbons (Fsp3) is 0.556. The fourth-order valence-corrected chi connectivity index (χ4v) is 2.98. The number of hydrogen-bond acceptors (Lipinski definition) is 5. The standard InChI is InChI=1S/C18H27N3O4.ClH/c1-13(12-19-2)17(22)20-7-9-21(10-8-20)18(23)15-6-5-14(24-3)11-16(15)25-4;/h5-6,11,13,19H,7-10,12H2,1-4H3;1H. The Kier molecular flexibility index (Phi) is 8.68. The first-order chi connectivity index (χ1) is 12.0. The third-order valence-corrected chi connectivity index (χ3v) is 4.45. The van der Waals surface area contributed by atoms with Gasteiger partial charge in [-0.3, -0.25) is 9.59 Å². The summed E-state index contributed by atoms with van der Waals surface area (Å²) in [4.78, 5) is 28.7. The van der Waals surface area contributed by atoms with Gasteiger partial charge >= 0.3 is 0 Å². The molecule has 0 radical (unpaired) electrons. The van der Waals surface area contributed by atoms with Crippen molar-refractivity contribution in [3.63, 3.8) is 0 Å². The molecule has 0 bridgehead atoms. The summed E-state index contributed by atoms with van der Waals surface area (Å²) in [6.45, 7) is 4.71. The average Bonchev–Trinajstić information content (AvgIpc) is 2.66. The summed E-state index contributed by atoms with van der Waals surface area (Å²) < 4.78 is 10.5. The van der Waals surface area contributed by atoms with Crippen LogP contribution in [0, 0.1) is 5.92 Å². The Morgan fingerprint density at radius 1 is 1.12 bits per heavy atom. The van der Waals surface area contributed by atoms with Gasteiger partial charge in [-0.25, -0.2) is 0 Å². The number of hydrogen-bond donors (Lipinski definition) is 1. The molecule has 146 valence electrons. The van der Waals surface area contributed by atoms with Crippen molar-refractivity contribution in [1.29, 1.82) is 0 Å². The number of ether oxygens (including phenoxy) is 2. The third-order valence-electron chi connectivity index (χ3n) is 4.45. The van der Waals surface area contributed by atoms with Crippen LogP contribution in [-0.4, -0.2) is 75.6 Å². The lowest BCUT2D eigenvalue weighted by Crippen LogP contribution is -2.52. The van der Waals surface area contributed by atoms with Gasteiger partial charge in [-0.05, 0) is 19.2 Å². The van der Waals surface area contributed by atoms with Gasteiger partial charge in [0, 0.05) is 44.7 Å². The topological polar surface area (TPSA) is 71.1 Å². The second kappa shape index (κ2) is 10.2. The number of carbonyl (C=O) groups is 2. The molecule has 1 heterocycles. The predicted molar refractivity (Wildman–Crippen MR) is 102 cm³/mol. The van der Waals surface area contributed by atoms with Gasteiger partial charge in [-0.1, -0.05) is 6.92 Å². The van der Waals surface area contributed by atoms with Crippen molar-refractivity contribution in [2.75, 3.05) is 54.0 Å². The summed E-state index contributed by atoms with van der Waals surface area (Å²) in [6, 6.07) is 5.16. The second-order valence-electron chi connectivity index (χ2n) is 6.14. The molecule has 1 aromatic rings. The maximum atomic E-state index is 12.8. The van der Waals surface area contributed by atoms with Crippen molar-refractivity contribution in [2.24, 2.45) is 5.92 Å². The number of amides is 2. The van der Waals surface area contributed by atoms with Crippen LogP contribution >= 0.6 is 12.4 Å². The van der Waals surface area contributed by atoms with Crippen LogP contribution in [-0.2, 0) is 4.79 Å². The molecular formula is C18H28ClN3O4. The van der Waals surface area contributed by atoms with Gasteiger partial charge in [0.15, 0.2) is 0 Å². The molecule has 1 atom stereocenters. The molecule has 7 nitrogen and oxygen atoms in total. The Morgan fingerprint density at radius 3 is 2.27 bits per heavy atom. The van der Waals surface area contributed by atoms with Crippen LogP contribution in [0.2, 0.25) is 0 Å². The number of nitrogens with zero attached hydrogens (tertiary/aromatic N) is 2. The molecule has 1 aliphatic rings. The number of carbonyl (C=O) groups excluding carboxylic acids is 2. The molecule has 8 heteroatoms. The largest absolute Gasteiger partial charge is 0.497 e. The minimum atomic E-state index is -0.0881. The zero-order valence-corrected chi connectivity index (χ0v) is 16.6. The third kappa shape index (κ3) is 5.02. The van der Waals surface area contributed by atoms with Crippen LogP contribution in [0.4, 0.5) is 0 Å². The van der Waals surface area contributed by atoms with Gasteiger partial charge in [0.1, 0.15) is 11.5 Å². The first-order valence-corrected chi connectivity index (χ1v) is 8.46. The maximum Gasteiger partial charge on any atom is 0.257 e. The van der Waals surface area contributed by atoms with E-state index in [2.05, 4.69) is 5.32 Å². The van der Waals surface area contributed by atoms with E-state index in [0.29, 0.717) is 49.8 Å². The number of piperazine rings is 1. The first kappa shape index (κ1) is 22.1. The highest BCUT2D eigenvalue weighted by Crippen LogP contribution is 2.26. The van der Waals surface area contributed by atoms with Crippen molar-refractivity contribution in [3.05, 3.63) is 23.8 Å². The highest BCUT2D eigenvalue weighted by molar-refractivity contribution is 5.97. The number of benzene rings is 1. The van der Waals surface area contributed by atoms with Crippen molar-refractivity contribution in [3.8, 4) is 11.5 Å². The monoisotopic (exact) mass is 385 g/mol. The van der Waals surface area contributed by atoms with Crippen LogP contribution in [0.25, 0.3) is 0 Å². The maximum absolute atomic E-state index is 12.8. The van der Waals surface area contributed by atoms with E-state index < -0.39 is 0 Å². The molecule has 0 saturated carbocycles. The molecule has 2 rings (SSSR count). The lowest BCUT2D eigenvalue weighted by atomic mass is 10.1. The van der Waals surface area contributed by atoms with E-state index in [1.165, 1.54) is 7.11 Å². The minimum absolute atomic E-state index is 0. The summed E-state index contributed by atoms with van der Waals surface area (Å²) in [5.74, 6) is 1.11. The average molecular weight is 386 g/mol. The van der Waals surface area contributed by atoms with Crippen LogP contribution in [0.5, 0.6) is 11.5 Å².